The van der Waals surface area contributed by atoms with Crippen LogP contribution in [-0.4, -0.2) is 57.6 Å². The highest BCUT2D eigenvalue weighted by atomic mass is 32.2. The molecule has 2 aromatic rings. The maximum absolute atomic E-state index is 11.9. The molecule has 1 N–H and O–H groups in total. The van der Waals surface area contributed by atoms with Crippen molar-refractivity contribution >= 4 is 17.7 Å². The number of aromatic nitrogens is 2. The molecule has 0 aliphatic carbocycles. The van der Waals surface area contributed by atoms with Gasteiger partial charge in [-0.2, -0.15) is 11.8 Å². The molecule has 140 valence electrons. The van der Waals surface area contributed by atoms with Gasteiger partial charge in [-0.3, -0.25) is 9.69 Å². The second-order valence-electron chi connectivity index (χ2n) is 6.50. The third-order valence-electron chi connectivity index (χ3n) is 4.22. The average molecular weight is 375 g/mol. The molecule has 1 aliphatic heterocycles. The van der Waals surface area contributed by atoms with E-state index in [1.54, 1.807) is 23.3 Å². The standard InChI is InChI=1S/C19H26N4O2S/c1-16(12-21-19(24)14-23-6-5-20-15-23)25-18-4-2-3-17(11-18)13-22-7-9-26-10-8-22/h2-6,11,15-16H,7-10,12-14H2,1H3,(H,21,24). The van der Waals surface area contributed by atoms with Gasteiger partial charge in [-0.1, -0.05) is 12.1 Å². The van der Waals surface area contributed by atoms with E-state index in [2.05, 4.69) is 27.3 Å². The van der Waals surface area contributed by atoms with Crippen LogP contribution >= 0.6 is 11.8 Å². The lowest BCUT2D eigenvalue weighted by Gasteiger charge is -2.26. The lowest BCUT2D eigenvalue weighted by Crippen LogP contribution is -2.35. The first-order chi connectivity index (χ1) is 12.7. The van der Waals surface area contributed by atoms with E-state index in [1.807, 2.05) is 30.8 Å². The summed E-state index contributed by atoms with van der Waals surface area (Å²) in [6.45, 7) is 5.97. The molecule has 0 bridgehead atoms. The molecule has 1 aromatic heterocycles. The van der Waals surface area contributed by atoms with E-state index in [1.165, 1.54) is 17.1 Å². The summed E-state index contributed by atoms with van der Waals surface area (Å²) >= 11 is 2.02. The van der Waals surface area contributed by atoms with Crippen LogP contribution in [0.3, 0.4) is 0 Å². The van der Waals surface area contributed by atoms with Crippen LogP contribution in [0.25, 0.3) is 0 Å². The number of carbonyl (C=O) groups excluding carboxylic acids is 1. The fourth-order valence-electron chi connectivity index (χ4n) is 2.87. The first kappa shape index (κ1) is 18.8. The van der Waals surface area contributed by atoms with Crippen LogP contribution in [0.5, 0.6) is 5.75 Å². The van der Waals surface area contributed by atoms with Crippen LogP contribution in [0.1, 0.15) is 12.5 Å². The van der Waals surface area contributed by atoms with Crippen molar-refractivity contribution in [1.29, 1.82) is 0 Å². The fourth-order valence-corrected chi connectivity index (χ4v) is 3.85. The topological polar surface area (TPSA) is 59.4 Å². The van der Waals surface area contributed by atoms with Gasteiger partial charge in [0, 0.05) is 43.5 Å². The zero-order valence-electron chi connectivity index (χ0n) is 15.1. The first-order valence-corrected chi connectivity index (χ1v) is 10.1. The van der Waals surface area contributed by atoms with Crippen LogP contribution in [0, 0.1) is 0 Å². The second-order valence-corrected chi connectivity index (χ2v) is 7.73. The fraction of sp³-hybridized carbons (Fsp3) is 0.474. The summed E-state index contributed by atoms with van der Waals surface area (Å²) in [6, 6.07) is 8.25. The van der Waals surface area contributed by atoms with E-state index in [9.17, 15) is 4.79 Å². The normalized spacial score (nSPS) is 16.2. The molecule has 0 saturated carbocycles. The molecule has 7 heteroatoms. The van der Waals surface area contributed by atoms with E-state index in [-0.39, 0.29) is 18.6 Å². The molecule has 1 aliphatic rings. The number of imidazole rings is 1. The van der Waals surface area contributed by atoms with Gasteiger partial charge in [0.25, 0.3) is 0 Å². The quantitative estimate of drug-likeness (QED) is 0.766. The van der Waals surface area contributed by atoms with Crippen molar-refractivity contribution in [2.75, 3.05) is 31.1 Å². The zero-order chi connectivity index (χ0) is 18.2. The Morgan fingerprint density at radius 2 is 2.23 bits per heavy atom. The summed E-state index contributed by atoms with van der Waals surface area (Å²) in [5.41, 5.74) is 1.27. The van der Waals surface area contributed by atoms with Gasteiger partial charge in [0.15, 0.2) is 0 Å². The highest BCUT2D eigenvalue weighted by Crippen LogP contribution is 2.18. The van der Waals surface area contributed by atoms with E-state index in [0.29, 0.717) is 6.54 Å². The molecular weight excluding hydrogens is 348 g/mol. The molecule has 1 saturated heterocycles. The first-order valence-electron chi connectivity index (χ1n) is 8.97. The maximum Gasteiger partial charge on any atom is 0.240 e. The van der Waals surface area contributed by atoms with Gasteiger partial charge in [-0.25, -0.2) is 4.98 Å². The van der Waals surface area contributed by atoms with Gasteiger partial charge < -0.3 is 14.6 Å². The third-order valence-corrected chi connectivity index (χ3v) is 5.16. The van der Waals surface area contributed by atoms with Crippen molar-refractivity contribution in [3.05, 3.63) is 48.5 Å². The monoisotopic (exact) mass is 374 g/mol. The lowest BCUT2D eigenvalue weighted by molar-refractivity contribution is -0.122. The summed E-state index contributed by atoms with van der Waals surface area (Å²) in [7, 11) is 0. The van der Waals surface area contributed by atoms with Crippen molar-refractivity contribution in [2.45, 2.75) is 26.1 Å². The molecule has 1 fully saturated rings. The van der Waals surface area contributed by atoms with Crippen molar-refractivity contribution in [3.8, 4) is 5.75 Å². The van der Waals surface area contributed by atoms with Gasteiger partial charge in [-0.05, 0) is 24.6 Å². The Kier molecular flexibility index (Phi) is 6.96. The summed E-state index contributed by atoms with van der Waals surface area (Å²) in [5.74, 6) is 3.23. The number of ether oxygens (including phenoxy) is 1. The highest BCUT2D eigenvalue weighted by Gasteiger charge is 2.12. The Hall–Kier alpha value is -1.99. The Bertz CT molecular complexity index is 687. The van der Waals surface area contributed by atoms with Gasteiger partial charge in [0.05, 0.1) is 12.9 Å². The predicted octanol–water partition coefficient (Wildman–Crippen LogP) is 2.02. The number of hydrogen-bond donors (Lipinski definition) is 1. The third kappa shape index (κ3) is 6.07. The van der Waals surface area contributed by atoms with Crippen molar-refractivity contribution in [2.24, 2.45) is 0 Å². The Balaban J connectivity index is 1.43. The van der Waals surface area contributed by atoms with Crippen LogP contribution in [0.2, 0.25) is 0 Å². The number of thioether (sulfide) groups is 1. The number of nitrogens with one attached hydrogen (secondary N) is 1. The van der Waals surface area contributed by atoms with Crippen molar-refractivity contribution in [3.63, 3.8) is 0 Å². The predicted molar refractivity (Wildman–Crippen MR) is 104 cm³/mol. The van der Waals surface area contributed by atoms with Gasteiger partial charge in [0.1, 0.15) is 18.4 Å². The molecule has 0 radical (unpaired) electrons. The number of hydrogen-bond acceptors (Lipinski definition) is 5. The van der Waals surface area contributed by atoms with Crippen LogP contribution < -0.4 is 10.1 Å². The van der Waals surface area contributed by atoms with Crippen LogP contribution in [0.4, 0.5) is 0 Å². The summed E-state index contributed by atoms with van der Waals surface area (Å²) in [6.07, 6.45) is 4.97. The minimum Gasteiger partial charge on any atom is -0.489 e. The molecule has 1 aromatic carbocycles. The largest absolute Gasteiger partial charge is 0.489 e. The Labute approximate surface area is 158 Å². The number of amides is 1. The van der Waals surface area contributed by atoms with E-state index >= 15 is 0 Å². The molecule has 6 nitrogen and oxygen atoms in total. The minimum absolute atomic E-state index is 0.0461. The summed E-state index contributed by atoms with van der Waals surface area (Å²) in [5, 5.41) is 2.90. The molecule has 1 atom stereocenters. The molecule has 0 spiro atoms. The number of carbonyl (C=O) groups is 1. The number of nitrogens with zero attached hydrogens (tertiary/aromatic N) is 3. The molecule has 26 heavy (non-hydrogen) atoms. The van der Waals surface area contributed by atoms with Crippen LogP contribution in [-0.2, 0) is 17.9 Å². The lowest BCUT2D eigenvalue weighted by atomic mass is 10.2. The summed E-state index contributed by atoms with van der Waals surface area (Å²) < 4.78 is 7.71. The van der Waals surface area contributed by atoms with E-state index < -0.39 is 0 Å². The maximum atomic E-state index is 11.9. The average Bonchev–Trinajstić information content (AvgIpc) is 3.14. The SMILES string of the molecule is CC(CNC(=O)Cn1ccnc1)Oc1cccc(CN2CCSCC2)c1. The number of benzene rings is 1. The Morgan fingerprint density at radius 1 is 1.38 bits per heavy atom. The van der Waals surface area contributed by atoms with Gasteiger partial charge in [0.2, 0.25) is 5.91 Å². The minimum atomic E-state index is -0.0941. The van der Waals surface area contributed by atoms with E-state index in [4.69, 9.17) is 4.74 Å². The highest BCUT2D eigenvalue weighted by molar-refractivity contribution is 7.99. The molecule has 3 rings (SSSR count). The van der Waals surface area contributed by atoms with Crippen LogP contribution in [0.15, 0.2) is 43.0 Å². The number of rotatable bonds is 8. The molecular formula is C19H26N4O2S. The van der Waals surface area contributed by atoms with Gasteiger partial charge >= 0.3 is 0 Å². The second kappa shape index (κ2) is 9.64. The zero-order valence-corrected chi connectivity index (χ0v) is 16.0. The summed E-state index contributed by atoms with van der Waals surface area (Å²) in [4.78, 5) is 18.3. The smallest absolute Gasteiger partial charge is 0.240 e. The molecule has 2 heterocycles. The van der Waals surface area contributed by atoms with Gasteiger partial charge in [-0.15, -0.1) is 0 Å². The van der Waals surface area contributed by atoms with Crippen molar-refractivity contribution < 1.29 is 9.53 Å². The molecule has 1 unspecified atom stereocenters. The molecule has 1 amide bonds. The van der Waals surface area contributed by atoms with E-state index in [0.717, 1.165) is 25.4 Å². The Morgan fingerprint density at radius 3 is 3.00 bits per heavy atom. The van der Waals surface area contributed by atoms with Crippen molar-refractivity contribution in [1.82, 2.24) is 19.8 Å².